The van der Waals surface area contributed by atoms with Crippen molar-refractivity contribution < 1.29 is 15.3 Å². The van der Waals surface area contributed by atoms with Crippen LogP contribution in [0.3, 0.4) is 0 Å². The minimum atomic E-state index is -0.427. The van der Waals surface area contributed by atoms with E-state index in [1.807, 2.05) is 142 Å². The predicted octanol–water partition coefficient (Wildman–Crippen LogP) is 6.01. The molecule has 36 heteroatoms. The van der Waals surface area contributed by atoms with Gasteiger partial charge in [-0.05, 0) is 305 Å². The van der Waals surface area contributed by atoms with Gasteiger partial charge in [-0.25, -0.2) is 0 Å². The van der Waals surface area contributed by atoms with Gasteiger partial charge in [0.25, 0.3) is 50.0 Å². The lowest BCUT2D eigenvalue weighted by molar-refractivity contribution is 0.289. The first kappa shape index (κ1) is 113. The molecule has 36 nitrogen and oxygen atoms in total. The average molecular weight is 1970 g/mol. The van der Waals surface area contributed by atoms with Gasteiger partial charge in [0.2, 0.25) is 17.6 Å². The minimum Gasteiger partial charge on any atom is -0.494 e. The summed E-state index contributed by atoms with van der Waals surface area (Å²) < 4.78 is 8.22. The second-order valence-corrected chi connectivity index (χ2v) is 39.7. The summed E-state index contributed by atoms with van der Waals surface area (Å²) in [5, 5.41) is 51.7. The fourth-order valence-electron chi connectivity index (χ4n) is 19.3. The Morgan fingerprint density at radius 2 is 0.507 bits per heavy atom. The monoisotopic (exact) mass is 1970 g/mol. The molecule has 3 aromatic heterocycles. The molecule has 3 aliphatic carbocycles. The summed E-state index contributed by atoms with van der Waals surface area (Å²) in [4.78, 5) is 168. The predicted molar refractivity (Wildman–Crippen MR) is 584 cm³/mol. The van der Waals surface area contributed by atoms with Crippen LogP contribution in [0.5, 0.6) is 17.6 Å². The lowest BCUT2D eigenvalue weighted by atomic mass is 9.89. The van der Waals surface area contributed by atoms with Crippen LogP contribution in [0.2, 0.25) is 0 Å². The number of anilines is 3. The Morgan fingerprint density at radius 3 is 0.887 bits per heavy atom. The Labute approximate surface area is 835 Å². The number of benzene rings is 6. The SMILES string of the molecule is CCN(CC)CCCN=c1cc2c(=O)n(CCCN(CC)CC)c(=O)c3c(NCCCN(CC)CC)cc4c(=O)n(CCCN(CC)CC)c(O)c1c4c3-2.CN(C)CCCN=c1cc2c(=O)n(CCCN(C)C)c(=O)c3c(NCCCN(C)C)cc4c(O)n(CCCN(C)C)c(=O)c1c4c3-2.CN(C)CCN=c1cc2c(=O)n(CCN(C)C)c(=O)c3c(NCCN(C)C)cc4c(=O)n(CCN(C)C)c(O)c1c4c3-2. The Morgan fingerprint density at radius 1 is 0.239 bits per heavy atom. The standard InChI is InChI=1S/C42H68N8O4.C34H52N8O4.C30H44N8O4/c1-9-45(10-2)23-17-21-43-33-29-31-36-35-32(40(52)49(41(53)37(33)35)27-19-25-47(13-5)14-6)30-34(44-22-18-24-46(11-3)12-4)38(36)42(54)50(39(31)51)28-20-26-48(15-7)16-8;1-37(2)15-9-13-35-25-21-23-28-27-24(32(44)41(33(45)29(25)27)19-11-17-39(5)6)22-26(36-14-10-16-38(3)4)30(28)34(46)42(31(23)43)20-12-18-40(7)8;1-33(2)11-9-31-21-17-19-24-23-20(28(40)37(15-13-35(5)6)29(41)25(21)23)18-22(32-10-12-34(3)4)26(24)30(42)38(27(19)39)16-14-36(7)8/h29-30,43,54H,9-28H2,1-8H3;21-22,35,43H,9-20H2,1-8H3;17-18,31,42H,9-16H2,1-8H3. The van der Waals surface area contributed by atoms with E-state index in [9.17, 15) is 58.5 Å². The quantitative estimate of drug-likeness (QED) is 0.0188. The van der Waals surface area contributed by atoms with Crippen LogP contribution in [0.4, 0.5) is 17.1 Å². The van der Waals surface area contributed by atoms with Crippen LogP contribution >= 0.6 is 0 Å². The number of hydrogen-bond donors (Lipinski definition) is 6. The number of nitrogens with one attached hydrogen (secondary N) is 3. The molecule has 0 unspecified atom stereocenters. The number of rotatable bonds is 55. The number of pyridine rings is 6. The van der Waals surface area contributed by atoms with Crippen LogP contribution in [0.15, 0.2) is 94.5 Å². The van der Waals surface area contributed by atoms with Crippen LogP contribution in [0.1, 0.15) is 107 Å². The van der Waals surface area contributed by atoms with Gasteiger partial charge in [-0.2, -0.15) is 0 Å². The highest BCUT2D eigenvalue weighted by atomic mass is 16.3. The zero-order chi connectivity index (χ0) is 104. The topological polar surface area (TPSA) is 356 Å². The summed E-state index contributed by atoms with van der Waals surface area (Å²) in [5.41, 5.74) is 0.401. The minimum absolute atomic E-state index is 0.159. The molecule has 0 radical (unpaired) electrons. The third kappa shape index (κ3) is 26.5. The van der Waals surface area contributed by atoms with Crippen molar-refractivity contribution >= 4 is 81.7 Å². The third-order valence-corrected chi connectivity index (χ3v) is 27.4. The maximum atomic E-state index is 14.6. The van der Waals surface area contributed by atoms with Gasteiger partial charge >= 0.3 is 0 Å². The van der Waals surface area contributed by atoms with Gasteiger partial charge in [0.15, 0.2) is 0 Å². The van der Waals surface area contributed by atoms with Gasteiger partial charge in [-0.1, -0.05) is 55.4 Å². The van der Waals surface area contributed by atoms with Crippen LogP contribution in [0, 0.1) is 0 Å². The number of aromatic hydroxyl groups is 3. The van der Waals surface area contributed by atoms with Crippen LogP contribution in [-0.4, -0.2) is 384 Å². The molecule has 6 N–H and O–H groups in total. The highest BCUT2D eigenvalue weighted by Gasteiger charge is 2.34. The summed E-state index contributed by atoms with van der Waals surface area (Å²) in [6.07, 6.45) is 5.86. The number of aromatic nitrogens is 6. The van der Waals surface area contributed by atoms with Crippen molar-refractivity contribution in [2.24, 2.45) is 15.0 Å². The largest absolute Gasteiger partial charge is 0.494 e. The van der Waals surface area contributed by atoms with Crippen molar-refractivity contribution in [3.63, 3.8) is 0 Å². The lowest BCUT2D eigenvalue weighted by Gasteiger charge is -2.23. The van der Waals surface area contributed by atoms with Crippen molar-refractivity contribution in [3.05, 3.63) is 146 Å². The molecule has 6 aromatic rings. The molecule has 0 amide bonds. The maximum Gasteiger partial charge on any atom is 0.263 e. The second kappa shape index (κ2) is 52.7. The first-order valence-corrected chi connectivity index (χ1v) is 51.4. The van der Waals surface area contributed by atoms with Gasteiger partial charge in [0.1, 0.15) is 0 Å². The summed E-state index contributed by atoms with van der Waals surface area (Å²) in [6, 6.07) is 10.4. The molecule has 0 bridgehead atoms. The van der Waals surface area contributed by atoms with E-state index in [0.717, 1.165) is 130 Å². The molecular formula is C106H164N24O12. The van der Waals surface area contributed by atoms with Crippen LogP contribution in [-0.2, 0) is 39.3 Å². The van der Waals surface area contributed by atoms with Gasteiger partial charge in [-0.15, -0.1) is 0 Å². The molecule has 12 rings (SSSR count). The lowest BCUT2D eigenvalue weighted by Crippen LogP contribution is -2.39. The molecule has 780 valence electrons. The number of hydrogen-bond acceptors (Lipinski definition) is 30. The molecule has 3 aromatic carbocycles. The van der Waals surface area contributed by atoms with Gasteiger partial charge in [0, 0.05) is 153 Å². The fraction of sp³-hybridized carbons (Fsp3) is 0.604. The first-order valence-electron chi connectivity index (χ1n) is 51.4. The highest BCUT2D eigenvalue weighted by molar-refractivity contribution is 6.21. The van der Waals surface area contributed by atoms with Crippen molar-refractivity contribution in [3.8, 4) is 51.0 Å². The van der Waals surface area contributed by atoms with E-state index in [0.29, 0.717) is 235 Å². The second-order valence-electron chi connectivity index (χ2n) is 39.7. The Balaban J connectivity index is 0.000000221. The molecule has 0 atom stereocenters. The Hall–Kier alpha value is -10.7. The maximum absolute atomic E-state index is 14.6. The summed E-state index contributed by atoms with van der Waals surface area (Å²) in [5.74, 6) is -0.532. The molecule has 142 heavy (non-hydrogen) atoms. The van der Waals surface area contributed by atoms with E-state index >= 15 is 0 Å². The normalized spacial score (nSPS) is 12.9. The molecule has 6 heterocycles. The van der Waals surface area contributed by atoms with Crippen molar-refractivity contribution in [2.45, 2.75) is 146 Å². The third-order valence-electron chi connectivity index (χ3n) is 27.4. The van der Waals surface area contributed by atoms with Crippen molar-refractivity contribution in [2.75, 3.05) is 299 Å². The number of likely N-dealkylation sites (N-methyl/N-ethyl adjacent to an activating group) is 4. The van der Waals surface area contributed by atoms with Gasteiger partial charge in [0.05, 0.1) is 82.4 Å². The van der Waals surface area contributed by atoms with E-state index < -0.39 is 16.7 Å². The van der Waals surface area contributed by atoms with E-state index in [1.165, 1.54) is 27.4 Å². The smallest absolute Gasteiger partial charge is 0.263 e. The molecule has 3 aliphatic heterocycles. The zero-order valence-corrected chi connectivity index (χ0v) is 89.7. The van der Waals surface area contributed by atoms with Gasteiger partial charge in [-0.3, -0.25) is 85.5 Å². The molecule has 6 aliphatic rings. The van der Waals surface area contributed by atoms with Gasteiger partial charge < -0.3 is 90.1 Å². The Bertz CT molecular complexity index is 6830. The molecule has 0 spiro atoms. The highest BCUT2D eigenvalue weighted by Crippen LogP contribution is 2.44. The molecule has 0 fully saturated rings. The van der Waals surface area contributed by atoms with Crippen LogP contribution in [0.25, 0.3) is 98.0 Å². The molecule has 0 saturated heterocycles. The Kier molecular flexibility index (Phi) is 42.0. The van der Waals surface area contributed by atoms with E-state index in [2.05, 4.69) is 101 Å². The summed E-state index contributed by atoms with van der Waals surface area (Å²) >= 11 is 0. The van der Waals surface area contributed by atoms with E-state index in [-0.39, 0.29) is 77.2 Å². The van der Waals surface area contributed by atoms with Crippen molar-refractivity contribution in [1.82, 2.24) is 86.2 Å². The summed E-state index contributed by atoms with van der Waals surface area (Å²) in [6.45, 7) is 38.1. The molecular weight excluding hydrogens is 1800 g/mol. The summed E-state index contributed by atoms with van der Waals surface area (Å²) in [7, 11) is 31.3. The zero-order valence-electron chi connectivity index (χ0n) is 89.7. The molecule has 0 saturated carbocycles. The average Bonchev–Trinajstić information content (AvgIpc) is 0.706. The van der Waals surface area contributed by atoms with E-state index in [1.54, 1.807) is 36.4 Å². The first-order chi connectivity index (χ1) is 67.8. The fourth-order valence-corrected chi connectivity index (χ4v) is 19.3. The number of nitrogens with zero attached hydrogens (tertiary/aromatic N) is 21. The van der Waals surface area contributed by atoms with Crippen molar-refractivity contribution in [1.29, 1.82) is 0 Å². The van der Waals surface area contributed by atoms with E-state index in [4.69, 9.17) is 15.0 Å². The van der Waals surface area contributed by atoms with Crippen LogP contribution < -0.4 is 82.1 Å².